The van der Waals surface area contributed by atoms with E-state index in [0.29, 0.717) is 13.1 Å². The number of piperidine rings is 1. The number of aliphatic hydroxyl groups excluding tert-OH is 1. The topological polar surface area (TPSA) is 55.7 Å². The second-order valence-electron chi connectivity index (χ2n) is 4.38. The Bertz CT molecular complexity index is 321. The Kier molecular flexibility index (Phi) is 3.43. The van der Waals surface area contributed by atoms with Gasteiger partial charge in [0.05, 0.1) is 12.1 Å². The molecule has 2 rings (SSSR count). The fraction of sp³-hybridized carbons (Fsp3) is 0.500. The van der Waals surface area contributed by atoms with Gasteiger partial charge in [-0.15, -0.1) is 0 Å². The number of benzene rings is 1. The SMILES string of the molecule is OCC1(Nc2ccccc2)CCN(O)CC1. The second kappa shape index (κ2) is 4.82. The van der Waals surface area contributed by atoms with E-state index in [4.69, 9.17) is 0 Å². The molecular weight excluding hydrogens is 204 g/mol. The fourth-order valence-corrected chi connectivity index (χ4v) is 2.07. The maximum atomic E-state index is 9.53. The normalized spacial score (nSPS) is 20.6. The van der Waals surface area contributed by atoms with Crippen LogP contribution in [-0.4, -0.2) is 40.6 Å². The molecule has 3 N–H and O–H groups in total. The van der Waals surface area contributed by atoms with Gasteiger partial charge in [0.25, 0.3) is 0 Å². The van der Waals surface area contributed by atoms with Crippen molar-refractivity contribution >= 4 is 5.69 Å². The Hall–Kier alpha value is -1.10. The van der Waals surface area contributed by atoms with E-state index in [9.17, 15) is 10.3 Å². The van der Waals surface area contributed by atoms with E-state index in [2.05, 4.69) is 5.32 Å². The molecule has 4 nitrogen and oxygen atoms in total. The lowest BCUT2D eigenvalue weighted by Crippen LogP contribution is -2.50. The molecule has 4 heteroatoms. The summed E-state index contributed by atoms with van der Waals surface area (Å²) in [7, 11) is 0. The molecule has 1 aromatic carbocycles. The number of rotatable bonds is 3. The minimum atomic E-state index is -0.291. The third-order valence-electron chi connectivity index (χ3n) is 3.18. The van der Waals surface area contributed by atoms with Gasteiger partial charge in [-0.1, -0.05) is 18.2 Å². The Morgan fingerprint density at radius 2 is 1.81 bits per heavy atom. The molecule has 88 valence electrons. The first-order valence-corrected chi connectivity index (χ1v) is 5.62. The Labute approximate surface area is 95.5 Å². The monoisotopic (exact) mass is 222 g/mol. The van der Waals surface area contributed by atoms with Crippen molar-refractivity contribution in [1.82, 2.24) is 5.06 Å². The summed E-state index contributed by atoms with van der Waals surface area (Å²) in [5.74, 6) is 0. The summed E-state index contributed by atoms with van der Waals surface area (Å²) in [6, 6.07) is 9.88. The summed E-state index contributed by atoms with van der Waals surface area (Å²) in [6.45, 7) is 1.29. The number of para-hydroxylation sites is 1. The van der Waals surface area contributed by atoms with E-state index < -0.39 is 0 Å². The number of nitrogens with one attached hydrogen (secondary N) is 1. The number of anilines is 1. The van der Waals surface area contributed by atoms with Crippen molar-refractivity contribution in [2.45, 2.75) is 18.4 Å². The summed E-state index contributed by atoms with van der Waals surface area (Å²) in [5.41, 5.74) is 0.726. The van der Waals surface area contributed by atoms with Crippen molar-refractivity contribution in [3.63, 3.8) is 0 Å². The van der Waals surface area contributed by atoms with E-state index in [1.807, 2.05) is 30.3 Å². The lowest BCUT2D eigenvalue weighted by Gasteiger charge is -2.39. The smallest absolute Gasteiger partial charge is 0.0662 e. The molecule has 1 aromatic rings. The van der Waals surface area contributed by atoms with Gasteiger partial charge in [-0.3, -0.25) is 0 Å². The number of hydrogen-bond acceptors (Lipinski definition) is 4. The number of nitrogens with zero attached hydrogens (tertiary/aromatic N) is 1. The van der Waals surface area contributed by atoms with Crippen LogP contribution >= 0.6 is 0 Å². The summed E-state index contributed by atoms with van der Waals surface area (Å²) < 4.78 is 0. The summed E-state index contributed by atoms with van der Waals surface area (Å²) in [4.78, 5) is 0. The molecule has 0 spiro atoms. The van der Waals surface area contributed by atoms with Crippen LogP contribution in [0.1, 0.15) is 12.8 Å². The lowest BCUT2D eigenvalue weighted by molar-refractivity contribution is -0.116. The highest BCUT2D eigenvalue weighted by Crippen LogP contribution is 2.25. The zero-order valence-electron chi connectivity index (χ0n) is 9.26. The number of hydroxylamine groups is 2. The van der Waals surface area contributed by atoms with Gasteiger partial charge in [0, 0.05) is 18.8 Å². The molecule has 1 fully saturated rings. The minimum Gasteiger partial charge on any atom is -0.394 e. The number of aliphatic hydroxyl groups is 1. The van der Waals surface area contributed by atoms with Gasteiger partial charge in [-0.25, -0.2) is 0 Å². The van der Waals surface area contributed by atoms with Gasteiger partial charge >= 0.3 is 0 Å². The molecule has 0 unspecified atom stereocenters. The molecule has 0 saturated carbocycles. The molecule has 1 saturated heterocycles. The molecule has 1 aliphatic rings. The third-order valence-corrected chi connectivity index (χ3v) is 3.18. The molecule has 0 radical (unpaired) electrons. The molecule has 16 heavy (non-hydrogen) atoms. The average Bonchev–Trinajstić information content (AvgIpc) is 2.34. The van der Waals surface area contributed by atoms with Gasteiger partial charge in [0.2, 0.25) is 0 Å². The van der Waals surface area contributed by atoms with Gasteiger partial charge in [0.1, 0.15) is 0 Å². The van der Waals surface area contributed by atoms with E-state index in [1.54, 1.807) is 0 Å². The van der Waals surface area contributed by atoms with Crippen LogP contribution in [0.3, 0.4) is 0 Å². The van der Waals surface area contributed by atoms with Gasteiger partial charge in [0.15, 0.2) is 0 Å². The van der Waals surface area contributed by atoms with Crippen molar-refractivity contribution in [3.8, 4) is 0 Å². The van der Waals surface area contributed by atoms with Crippen LogP contribution < -0.4 is 5.32 Å². The van der Waals surface area contributed by atoms with Gasteiger partial charge in [-0.2, -0.15) is 5.06 Å². The molecule has 0 atom stereocenters. The second-order valence-corrected chi connectivity index (χ2v) is 4.38. The van der Waals surface area contributed by atoms with E-state index in [0.717, 1.165) is 18.5 Å². The first-order valence-electron chi connectivity index (χ1n) is 5.62. The van der Waals surface area contributed by atoms with E-state index in [-0.39, 0.29) is 12.1 Å². The maximum Gasteiger partial charge on any atom is 0.0662 e. The Morgan fingerprint density at radius 3 is 2.38 bits per heavy atom. The van der Waals surface area contributed by atoms with Crippen LogP contribution in [0.4, 0.5) is 5.69 Å². The lowest BCUT2D eigenvalue weighted by atomic mass is 9.88. The fourth-order valence-electron chi connectivity index (χ4n) is 2.07. The number of hydrogen-bond donors (Lipinski definition) is 3. The van der Waals surface area contributed by atoms with Crippen LogP contribution in [0.5, 0.6) is 0 Å². The molecule has 0 bridgehead atoms. The highest BCUT2D eigenvalue weighted by molar-refractivity contribution is 5.45. The van der Waals surface area contributed by atoms with Crippen LogP contribution in [0.15, 0.2) is 30.3 Å². The van der Waals surface area contributed by atoms with Crippen molar-refractivity contribution in [1.29, 1.82) is 0 Å². The average molecular weight is 222 g/mol. The van der Waals surface area contributed by atoms with Gasteiger partial charge in [-0.05, 0) is 25.0 Å². The van der Waals surface area contributed by atoms with Crippen molar-refractivity contribution < 1.29 is 10.3 Å². The first-order chi connectivity index (χ1) is 7.74. The first kappa shape index (κ1) is 11.4. The zero-order chi connectivity index (χ0) is 11.4. The molecule has 1 heterocycles. The quantitative estimate of drug-likeness (QED) is 0.722. The van der Waals surface area contributed by atoms with Crippen LogP contribution in [0, 0.1) is 0 Å². The molecular formula is C12H18N2O2. The van der Waals surface area contributed by atoms with Crippen LogP contribution in [-0.2, 0) is 0 Å². The Balaban J connectivity index is 2.05. The molecule has 0 aliphatic carbocycles. The molecule has 1 aliphatic heterocycles. The van der Waals surface area contributed by atoms with Gasteiger partial charge < -0.3 is 15.6 Å². The largest absolute Gasteiger partial charge is 0.394 e. The standard InChI is InChI=1S/C12H18N2O2/c15-10-12(6-8-14(16)9-7-12)13-11-4-2-1-3-5-11/h1-5,13,15-16H,6-10H2. The third kappa shape index (κ3) is 2.52. The van der Waals surface area contributed by atoms with Crippen molar-refractivity contribution in [3.05, 3.63) is 30.3 Å². The summed E-state index contributed by atoms with van der Waals surface area (Å²) in [5, 5.41) is 23.5. The summed E-state index contributed by atoms with van der Waals surface area (Å²) >= 11 is 0. The minimum absolute atomic E-state index is 0.0930. The highest BCUT2D eigenvalue weighted by Gasteiger charge is 2.33. The molecule has 0 aromatic heterocycles. The van der Waals surface area contributed by atoms with Crippen molar-refractivity contribution in [2.75, 3.05) is 25.0 Å². The van der Waals surface area contributed by atoms with Crippen LogP contribution in [0.25, 0.3) is 0 Å². The Morgan fingerprint density at radius 1 is 1.19 bits per heavy atom. The van der Waals surface area contributed by atoms with E-state index >= 15 is 0 Å². The summed E-state index contributed by atoms with van der Waals surface area (Å²) in [6.07, 6.45) is 1.49. The highest BCUT2D eigenvalue weighted by atomic mass is 16.5. The van der Waals surface area contributed by atoms with Crippen LogP contribution in [0.2, 0.25) is 0 Å². The van der Waals surface area contributed by atoms with Crippen molar-refractivity contribution in [2.24, 2.45) is 0 Å². The molecule has 0 amide bonds. The predicted octanol–water partition coefficient (Wildman–Crippen LogP) is 1.31. The van der Waals surface area contributed by atoms with E-state index in [1.165, 1.54) is 5.06 Å². The maximum absolute atomic E-state index is 9.53. The zero-order valence-corrected chi connectivity index (χ0v) is 9.26. The predicted molar refractivity (Wildman–Crippen MR) is 62.5 cm³/mol.